The lowest BCUT2D eigenvalue weighted by atomic mass is 10.0. The molecule has 0 saturated heterocycles. The highest BCUT2D eigenvalue weighted by atomic mass is 31.2. The summed E-state index contributed by atoms with van der Waals surface area (Å²) in [6.45, 7) is 3.52. The van der Waals surface area contributed by atoms with Crippen LogP contribution in [0.5, 0.6) is 0 Å². The van der Waals surface area contributed by atoms with E-state index in [1.54, 1.807) is 0 Å². The average Bonchev–Trinajstić information content (AvgIpc) is 2.98. The summed E-state index contributed by atoms with van der Waals surface area (Å²) in [4.78, 5) is 42.5. The Balaban J connectivity index is 4.05. The van der Waals surface area contributed by atoms with Gasteiger partial charge in [0.1, 0.15) is 6.61 Å². The van der Waals surface area contributed by atoms with Crippen molar-refractivity contribution < 1.29 is 37.9 Å². The number of carbonyl (C=O) groups excluding carboxylic acids is 2. The Bertz CT molecular complexity index is 818. The first-order chi connectivity index (χ1) is 21.3. The minimum absolute atomic E-state index is 0.178. The molecule has 0 heterocycles. The average molecular weight is 643 g/mol. The van der Waals surface area contributed by atoms with Crippen molar-refractivity contribution in [3.05, 3.63) is 36.5 Å². The number of rotatable bonds is 31. The molecule has 9 heteroatoms. The molecule has 256 valence electrons. The number of carbonyl (C=O) groups is 2. The molecule has 44 heavy (non-hydrogen) atoms. The van der Waals surface area contributed by atoms with Crippen molar-refractivity contribution in [2.75, 3.05) is 13.2 Å². The van der Waals surface area contributed by atoms with Gasteiger partial charge in [-0.3, -0.25) is 14.1 Å². The minimum Gasteiger partial charge on any atom is -0.462 e. The summed E-state index contributed by atoms with van der Waals surface area (Å²) in [6, 6.07) is 0. The van der Waals surface area contributed by atoms with E-state index >= 15 is 0 Å². The highest BCUT2D eigenvalue weighted by Crippen LogP contribution is 2.35. The second kappa shape index (κ2) is 31.3. The molecule has 8 nitrogen and oxygen atoms in total. The number of allylic oxidation sites excluding steroid dienone is 6. The maximum Gasteiger partial charge on any atom is 0.469 e. The summed E-state index contributed by atoms with van der Waals surface area (Å²) in [6.07, 6.45) is 34.4. The molecule has 0 aromatic heterocycles. The highest BCUT2D eigenvalue weighted by molar-refractivity contribution is 7.46. The Labute approximate surface area is 268 Å². The molecule has 0 aromatic rings. The Morgan fingerprint density at radius 3 is 1.64 bits per heavy atom. The number of hydrogen-bond acceptors (Lipinski definition) is 6. The van der Waals surface area contributed by atoms with Gasteiger partial charge in [-0.05, 0) is 44.9 Å². The largest absolute Gasteiger partial charge is 0.469 e. The zero-order chi connectivity index (χ0) is 32.6. The second-order valence-electron chi connectivity index (χ2n) is 11.5. The Kier molecular flexibility index (Phi) is 30.0. The van der Waals surface area contributed by atoms with Gasteiger partial charge in [-0.15, -0.1) is 0 Å². The summed E-state index contributed by atoms with van der Waals surface area (Å²) < 4.78 is 26.2. The van der Waals surface area contributed by atoms with E-state index < -0.39 is 32.5 Å². The van der Waals surface area contributed by atoms with Gasteiger partial charge in [-0.2, -0.15) is 0 Å². The van der Waals surface area contributed by atoms with E-state index in [0.29, 0.717) is 6.42 Å². The van der Waals surface area contributed by atoms with Gasteiger partial charge in [-0.25, -0.2) is 4.57 Å². The van der Waals surface area contributed by atoms with Gasteiger partial charge >= 0.3 is 19.8 Å². The van der Waals surface area contributed by atoms with Crippen LogP contribution in [0.4, 0.5) is 0 Å². The molecule has 0 rings (SSSR count). The lowest BCUT2D eigenvalue weighted by Gasteiger charge is -2.18. The molecule has 2 N–H and O–H groups in total. The van der Waals surface area contributed by atoms with E-state index in [9.17, 15) is 14.2 Å². The zero-order valence-electron chi connectivity index (χ0n) is 27.8. The number of ether oxygens (including phenoxy) is 2. The smallest absolute Gasteiger partial charge is 0.462 e. The van der Waals surface area contributed by atoms with Crippen LogP contribution in [-0.2, 0) is 28.2 Å². The number of hydrogen-bond donors (Lipinski definition) is 2. The van der Waals surface area contributed by atoms with Crippen molar-refractivity contribution in [2.45, 2.75) is 161 Å². The summed E-state index contributed by atoms with van der Waals surface area (Å²) in [5.41, 5.74) is 0. The predicted octanol–water partition coefficient (Wildman–Crippen LogP) is 9.84. The maximum absolute atomic E-state index is 12.3. The third kappa shape index (κ3) is 33.2. The lowest BCUT2D eigenvalue weighted by Crippen LogP contribution is -2.29. The standard InChI is InChI=1S/C35H63O8P/c1-3-5-7-9-11-13-15-17-19-21-23-25-27-29-34(36)41-31-33(32-42-44(38,39)40)43-35(37)30-28-26-24-22-20-18-16-14-12-10-8-6-4-2/h6,8,12,14,18,20,33H,3-5,7,9-11,13,15-17,19,21-32H2,1-2H3,(H2,38,39,40)/b8-6-,14-12-,20-18-. The lowest BCUT2D eigenvalue weighted by molar-refractivity contribution is -0.161. The number of esters is 2. The van der Waals surface area contributed by atoms with Crippen LogP contribution in [-0.4, -0.2) is 41.0 Å². The summed E-state index contributed by atoms with van der Waals surface area (Å²) >= 11 is 0. The normalized spacial score (nSPS) is 12.9. The van der Waals surface area contributed by atoms with Crippen molar-refractivity contribution in [1.29, 1.82) is 0 Å². The van der Waals surface area contributed by atoms with Crippen molar-refractivity contribution in [1.82, 2.24) is 0 Å². The predicted molar refractivity (Wildman–Crippen MR) is 179 cm³/mol. The van der Waals surface area contributed by atoms with Gasteiger partial charge in [-0.1, -0.05) is 134 Å². The first-order valence-electron chi connectivity index (χ1n) is 17.3. The second-order valence-corrected chi connectivity index (χ2v) is 12.7. The molecule has 0 bridgehead atoms. The van der Waals surface area contributed by atoms with Crippen LogP contribution in [0, 0.1) is 0 Å². The third-order valence-corrected chi connectivity index (χ3v) is 7.66. The minimum atomic E-state index is -4.75. The Morgan fingerprint density at radius 1 is 0.614 bits per heavy atom. The third-order valence-electron chi connectivity index (χ3n) is 7.17. The number of phosphoric acid groups is 1. The van der Waals surface area contributed by atoms with Crippen LogP contribution in [0.15, 0.2) is 36.5 Å². The van der Waals surface area contributed by atoms with Crippen molar-refractivity contribution in [2.24, 2.45) is 0 Å². The van der Waals surface area contributed by atoms with Crippen LogP contribution in [0.1, 0.15) is 155 Å². The molecule has 1 unspecified atom stereocenters. The molecule has 0 fully saturated rings. The van der Waals surface area contributed by atoms with Crippen LogP contribution >= 0.6 is 7.82 Å². The summed E-state index contributed by atoms with van der Waals surface area (Å²) in [5.74, 6) is -0.920. The van der Waals surface area contributed by atoms with E-state index in [2.05, 4.69) is 54.8 Å². The fourth-order valence-corrected chi connectivity index (χ4v) is 4.98. The molecule has 0 spiro atoms. The first kappa shape index (κ1) is 42.3. The summed E-state index contributed by atoms with van der Waals surface area (Å²) in [5, 5.41) is 0. The van der Waals surface area contributed by atoms with Crippen LogP contribution in [0.25, 0.3) is 0 Å². The molecular weight excluding hydrogens is 579 g/mol. The molecular formula is C35H63O8P. The molecule has 0 amide bonds. The highest BCUT2D eigenvalue weighted by Gasteiger charge is 2.22. The fourth-order valence-electron chi connectivity index (χ4n) is 4.62. The molecule has 0 aliphatic heterocycles. The van der Waals surface area contributed by atoms with Crippen LogP contribution < -0.4 is 0 Å². The maximum atomic E-state index is 12.3. The van der Waals surface area contributed by atoms with Crippen LogP contribution in [0.2, 0.25) is 0 Å². The molecule has 1 atom stereocenters. The molecule has 0 aliphatic carbocycles. The molecule has 0 aromatic carbocycles. The number of unbranched alkanes of at least 4 members (excludes halogenated alkanes) is 15. The van der Waals surface area contributed by atoms with E-state index in [1.807, 2.05) is 0 Å². The topological polar surface area (TPSA) is 119 Å². The zero-order valence-corrected chi connectivity index (χ0v) is 28.7. The quantitative estimate of drug-likeness (QED) is 0.0332. The van der Waals surface area contributed by atoms with Crippen LogP contribution in [0.3, 0.4) is 0 Å². The first-order valence-corrected chi connectivity index (χ1v) is 18.8. The Morgan fingerprint density at radius 2 is 1.09 bits per heavy atom. The molecule has 0 radical (unpaired) electrons. The van der Waals surface area contributed by atoms with Gasteiger partial charge in [0.05, 0.1) is 6.61 Å². The van der Waals surface area contributed by atoms with Crippen molar-refractivity contribution >= 4 is 19.8 Å². The monoisotopic (exact) mass is 642 g/mol. The number of phosphoric ester groups is 1. The molecule has 0 saturated carbocycles. The van der Waals surface area contributed by atoms with Gasteiger partial charge < -0.3 is 19.3 Å². The van der Waals surface area contributed by atoms with Gasteiger partial charge in [0.2, 0.25) is 0 Å². The van der Waals surface area contributed by atoms with E-state index in [4.69, 9.17) is 19.3 Å². The van der Waals surface area contributed by atoms with E-state index in [1.165, 1.54) is 64.2 Å². The van der Waals surface area contributed by atoms with E-state index in [-0.39, 0.29) is 19.4 Å². The van der Waals surface area contributed by atoms with Crippen molar-refractivity contribution in [3.8, 4) is 0 Å². The van der Waals surface area contributed by atoms with Crippen molar-refractivity contribution in [3.63, 3.8) is 0 Å². The SMILES string of the molecule is CC/C=C\C/C=C\C/C=C\CCCCCC(=O)OC(COC(=O)CCCCCCCCCCCCCCC)COP(=O)(O)O. The Hall–Kier alpha value is -1.73. The van der Waals surface area contributed by atoms with Gasteiger partial charge in [0.15, 0.2) is 6.10 Å². The molecule has 0 aliphatic rings. The fraction of sp³-hybridized carbons (Fsp3) is 0.771. The van der Waals surface area contributed by atoms with Gasteiger partial charge in [0, 0.05) is 12.8 Å². The van der Waals surface area contributed by atoms with E-state index in [0.717, 1.165) is 57.8 Å². The summed E-state index contributed by atoms with van der Waals surface area (Å²) in [7, 11) is -4.75. The van der Waals surface area contributed by atoms with Gasteiger partial charge in [0.25, 0.3) is 0 Å².